The van der Waals surface area contributed by atoms with E-state index in [1.54, 1.807) is 11.3 Å². The van der Waals surface area contributed by atoms with Crippen molar-refractivity contribution in [1.29, 1.82) is 0 Å². The number of thiophene rings is 1. The maximum atomic E-state index is 12.5. The zero-order chi connectivity index (χ0) is 13.6. The second kappa shape index (κ2) is 4.34. The van der Waals surface area contributed by atoms with Crippen molar-refractivity contribution < 1.29 is 4.79 Å². The summed E-state index contributed by atoms with van der Waals surface area (Å²) in [5.74, 6) is 0.459. The van der Waals surface area contributed by atoms with E-state index in [1.165, 1.54) is 4.88 Å². The lowest BCUT2D eigenvalue weighted by Crippen LogP contribution is -2.35. The maximum Gasteiger partial charge on any atom is 0.162 e. The van der Waals surface area contributed by atoms with Gasteiger partial charge in [-0.25, -0.2) is 0 Å². The van der Waals surface area contributed by atoms with Crippen LogP contribution in [0.5, 0.6) is 0 Å². The summed E-state index contributed by atoms with van der Waals surface area (Å²) in [7, 11) is 0. The lowest BCUT2D eigenvalue weighted by molar-refractivity contribution is -0.118. The summed E-state index contributed by atoms with van der Waals surface area (Å²) in [4.78, 5) is 13.8. The van der Waals surface area contributed by atoms with E-state index in [4.69, 9.17) is 0 Å². The van der Waals surface area contributed by atoms with Crippen LogP contribution in [-0.2, 0) is 4.79 Å². The van der Waals surface area contributed by atoms with Crippen molar-refractivity contribution in [3.05, 3.63) is 45.4 Å². The first kappa shape index (κ1) is 12.7. The van der Waals surface area contributed by atoms with E-state index in [1.807, 2.05) is 0 Å². The molecule has 0 saturated heterocycles. The van der Waals surface area contributed by atoms with Gasteiger partial charge in [-0.2, -0.15) is 0 Å². The monoisotopic (exact) mass is 273 g/mol. The van der Waals surface area contributed by atoms with Gasteiger partial charge in [-0.1, -0.05) is 26.0 Å². The molecule has 2 heterocycles. The van der Waals surface area contributed by atoms with Crippen LogP contribution in [0.1, 0.15) is 44.4 Å². The molecule has 3 rings (SSSR count). The van der Waals surface area contributed by atoms with E-state index < -0.39 is 0 Å². The number of allylic oxidation sites excluding steroid dienone is 4. The molecule has 2 nitrogen and oxygen atoms in total. The molecule has 1 aliphatic carbocycles. The topological polar surface area (TPSA) is 29.1 Å². The molecule has 1 unspecified atom stereocenters. The highest BCUT2D eigenvalue weighted by Crippen LogP contribution is 2.44. The van der Waals surface area contributed by atoms with Crippen molar-refractivity contribution in [3.63, 3.8) is 0 Å². The third-order valence-corrected chi connectivity index (χ3v) is 4.80. The second-order valence-electron chi connectivity index (χ2n) is 6.30. The van der Waals surface area contributed by atoms with Crippen LogP contribution in [0.3, 0.4) is 0 Å². The number of carbonyl (C=O) groups is 1. The molecule has 0 bridgehead atoms. The van der Waals surface area contributed by atoms with Gasteiger partial charge in [-0.05, 0) is 30.2 Å². The Morgan fingerprint density at radius 1 is 1.37 bits per heavy atom. The molecule has 1 aromatic heterocycles. The Labute approximate surface area is 118 Å². The molecule has 1 aromatic rings. The molecule has 0 spiro atoms. The number of rotatable bonds is 1. The number of hydrogen-bond donors (Lipinski definition) is 1. The van der Waals surface area contributed by atoms with Gasteiger partial charge in [0.15, 0.2) is 5.78 Å². The summed E-state index contributed by atoms with van der Waals surface area (Å²) < 4.78 is 0. The highest BCUT2D eigenvalue weighted by molar-refractivity contribution is 7.10. The first-order chi connectivity index (χ1) is 8.96. The minimum Gasteiger partial charge on any atom is -0.362 e. The fourth-order valence-corrected chi connectivity index (χ4v) is 3.92. The second-order valence-corrected chi connectivity index (χ2v) is 7.28. The Morgan fingerprint density at radius 2 is 2.16 bits per heavy atom. The van der Waals surface area contributed by atoms with Gasteiger partial charge in [-0.3, -0.25) is 4.79 Å². The summed E-state index contributed by atoms with van der Waals surface area (Å²) in [5, 5.41) is 5.50. The van der Waals surface area contributed by atoms with Crippen molar-refractivity contribution >= 4 is 17.1 Å². The summed E-state index contributed by atoms with van der Waals surface area (Å²) in [6.07, 6.45) is 3.80. The third-order valence-electron chi connectivity index (χ3n) is 3.85. The van der Waals surface area contributed by atoms with Crippen LogP contribution >= 0.6 is 11.3 Å². The van der Waals surface area contributed by atoms with Crippen molar-refractivity contribution in [2.75, 3.05) is 0 Å². The van der Waals surface area contributed by atoms with E-state index in [0.29, 0.717) is 12.2 Å². The van der Waals surface area contributed by atoms with E-state index in [9.17, 15) is 4.79 Å². The molecule has 3 heteroatoms. The summed E-state index contributed by atoms with van der Waals surface area (Å²) in [5.41, 5.74) is 3.36. The molecule has 2 aliphatic rings. The van der Waals surface area contributed by atoms with Crippen LogP contribution in [-0.4, -0.2) is 5.78 Å². The molecule has 0 radical (unpaired) electrons. The molecular formula is C16H19NOS. The number of hydrogen-bond acceptors (Lipinski definition) is 3. The molecule has 0 aromatic carbocycles. The van der Waals surface area contributed by atoms with Crippen LogP contribution in [0.2, 0.25) is 0 Å². The smallest absolute Gasteiger partial charge is 0.162 e. The average molecular weight is 273 g/mol. The van der Waals surface area contributed by atoms with Crippen LogP contribution in [0, 0.1) is 5.41 Å². The molecular weight excluding hydrogens is 254 g/mol. The number of carbonyl (C=O) groups excluding carboxylic acids is 1. The van der Waals surface area contributed by atoms with Gasteiger partial charge < -0.3 is 5.32 Å². The van der Waals surface area contributed by atoms with Gasteiger partial charge in [0.05, 0.1) is 0 Å². The number of Topliss-reactive ketones (excluding diaryl/α,β-unsaturated/α-hetero) is 1. The predicted octanol–water partition coefficient (Wildman–Crippen LogP) is 3.98. The Kier molecular flexibility index (Phi) is 2.90. The van der Waals surface area contributed by atoms with Crippen LogP contribution in [0.25, 0.3) is 0 Å². The van der Waals surface area contributed by atoms with Gasteiger partial charge in [0, 0.05) is 34.2 Å². The quantitative estimate of drug-likeness (QED) is 0.838. The van der Waals surface area contributed by atoms with E-state index in [-0.39, 0.29) is 11.3 Å². The van der Waals surface area contributed by atoms with E-state index in [2.05, 4.69) is 49.7 Å². The first-order valence-corrected chi connectivity index (χ1v) is 7.59. The molecule has 19 heavy (non-hydrogen) atoms. The standard InChI is InChI=1S/C16H19NOS/c1-10-7-11(14-5-4-6-19-14)15-12(17-10)8-16(2,3)9-13(15)18/h4-7,11,17H,8-9H2,1-3H3. The Bertz CT molecular complexity index is 578. The average Bonchev–Trinajstić information content (AvgIpc) is 2.78. The Hall–Kier alpha value is -1.35. The zero-order valence-electron chi connectivity index (χ0n) is 11.6. The van der Waals surface area contributed by atoms with Crippen molar-refractivity contribution in [1.82, 2.24) is 5.32 Å². The first-order valence-electron chi connectivity index (χ1n) is 6.71. The van der Waals surface area contributed by atoms with Crippen LogP contribution in [0.15, 0.2) is 40.6 Å². The van der Waals surface area contributed by atoms with Gasteiger partial charge in [0.25, 0.3) is 0 Å². The molecule has 1 atom stereocenters. The molecule has 1 aliphatic heterocycles. The van der Waals surface area contributed by atoms with Crippen LogP contribution < -0.4 is 5.32 Å². The molecule has 0 saturated carbocycles. The largest absolute Gasteiger partial charge is 0.362 e. The summed E-state index contributed by atoms with van der Waals surface area (Å²) in [6.45, 7) is 6.42. The Morgan fingerprint density at radius 3 is 2.84 bits per heavy atom. The highest BCUT2D eigenvalue weighted by atomic mass is 32.1. The molecule has 100 valence electrons. The Balaban J connectivity index is 2.07. The lowest BCUT2D eigenvalue weighted by Gasteiger charge is -2.37. The van der Waals surface area contributed by atoms with Crippen molar-refractivity contribution in [3.8, 4) is 0 Å². The lowest BCUT2D eigenvalue weighted by atomic mass is 9.71. The SMILES string of the molecule is CC1=CC(c2cccs2)C2=C(CC(C)(C)CC2=O)N1. The maximum absolute atomic E-state index is 12.5. The number of dihydropyridines is 1. The summed E-state index contributed by atoms with van der Waals surface area (Å²) >= 11 is 1.73. The minimum atomic E-state index is 0.0700. The van der Waals surface area contributed by atoms with Gasteiger partial charge in [0.1, 0.15) is 0 Å². The highest BCUT2D eigenvalue weighted by Gasteiger charge is 2.38. The van der Waals surface area contributed by atoms with E-state index >= 15 is 0 Å². The van der Waals surface area contributed by atoms with Crippen molar-refractivity contribution in [2.24, 2.45) is 5.41 Å². The van der Waals surface area contributed by atoms with Crippen LogP contribution in [0.4, 0.5) is 0 Å². The third kappa shape index (κ3) is 2.27. The molecule has 0 fully saturated rings. The molecule has 1 N–H and O–H groups in total. The predicted molar refractivity (Wildman–Crippen MR) is 79.0 cm³/mol. The number of nitrogens with one attached hydrogen (secondary N) is 1. The fraction of sp³-hybridized carbons (Fsp3) is 0.438. The number of ketones is 1. The summed E-state index contributed by atoms with van der Waals surface area (Å²) in [6, 6.07) is 4.19. The molecule has 0 amide bonds. The fourth-order valence-electron chi connectivity index (χ4n) is 3.11. The van der Waals surface area contributed by atoms with E-state index in [0.717, 1.165) is 23.4 Å². The van der Waals surface area contributed by atoms with Gasteiger partial charge >= 0.3 is 0 Å². The van der Waals surface area contributed by atoms with Gasteiger partial charge in [-0.15, -0.1) is 11.3 Å². The zero-order valence-corrected chi connectivity index (χ0v) is 12.4. The minimum absolute atomic E-state index is 0.0700. The van der Waals surface area contributed by atoms with Gasteiger partial charge in [0.2, 0.25) is 0 Å². The normalized spacial score (nSPS) is 25.7. The van der Waals surface area contributed by atoms with Crippen molar-refractivity contribution in [2.45, 2.75) is 39.5 Å².